The van der Waals surface area contributed by atoms with Gasteiger partial charge in [0, 0.05) is 5.69 Å². The predicted molar refractivity (Wildman–Crippen MR) is 81.3 cm³/mol. The van der Waals surface area contributed by atoms with Gasteiger partial charge >= 0.3 is 0 Å². The lowest BCUT2D eigenvalue weighted by atomic mass is 10.1. The largest absolute Gasteiger partial charge is 0.324 e. The zero-order chi connectivity index (χ0) is 14.9. The van der Waals surface area contributed by atoms with E-state index in [1.165, 1.54) is 0 Å². The van der Waals surface area contributed by atoms with Crippen molar-refractivity contribution in [2.75, 3.05) is 5.32 Å². The lowest BCUT2D eigenvalue weighted by Crippen LogP contribution is -2.20. The number of hydrogen-bond donors (Lipinski definition) is 1. The molecular weight excluding hydrogens is 274 g/mol. The van der Waals surface area contributed by atoms with Gasteiger partial charge in [0.25, 0.3) is 0 Å². The summed E-state index contributed by atoms with van der Waals surface area (Å²) in [6.07, 6.45) is 0. The number of hydrogen-bond acceptors (Lipinski definition) is 2. The number of amides is 1. The average Bonchev–Trinajstić information content (AvgIpc) is 2.63. The number of nitrogens with zero attached hydrogens (tertiary/aromatic N) is 2. The molecule has 0 saturated heterocycles. The Morgan fingerprint density at radius 2 is 2.00 bits per heavy atom. The number of rotatable bonds is 3. The van der Waals surface area contributed by atoms with Gasteiger partial charge in [-0.15, -0.1) is 0 Å². The average molecular weight is 292 g/mol. The van der Waals surface area contributed by atoms with Crippen LogP contribution in [0.15, 0.2) is 18.2 Å². The quantitative estimate of drug-likeness (QED) is 0.942. The number of halogens is 1. The molecule has 0 atom stereocenters. The summed E-state index contributed by atoms with van der Waals surface area (Å²) in [6.45, 7) is 7.85. The van der Waals surface area contributed by atoms with Gasteiger partial charge in [0.15, 0.2) is 0 Å². The summed E-state index contributed by atoms with van der Waals surface area (Å²) < 4.78 is 1.62. The second kappa shape index (κ2) is 5.67. The van der Waals surface area contributed by atoms with Crippen LogP contribution in [0.5, 0.6) is 0 Å². The lowest BCUT2D eigenvalue weighted by molar-refractivity contribution is -0.116. The molecule has 20 heavy (non-hydrogen) atoms. The highest BCUT2D eigenvalue weighted by molar-refractivity contribution is 6.31. The lowest BCUT2D eigenvalue weighted by Gasteiger charge is -2.11. The molecule has 2 rings (SSSR count). The van der Waals surface area contributed by atoms with Crippen LogP contribution in [0.2, 0.25) is 5.02 Å². The standard InChI is InChI=1S/C15H18ClN3O/c1-9-6-5-7-13(10(9)2)17-14(20)8-19-12(4)15(16)11(3)18-19/h5-7H,8H2,1-4H3,(H,17,20). The van der Waals surface area contributed by atoms with Crippen molar-refractivity contribution >= 4 is 23.2 Å². The molecule has 106 valence electrons. The molecule has 0 saturated carbocycles. The van der Waals surface area contributed by atoms with Gasteiger partial charge in [-0.05, 0) is 44.9 Å². The monoisotopic (exact) mass is 291 g/mol. The van der Waals surface area contributed by atoms with Crippen LogP contribution >= 0.6 is 11.6 Å². The third-order valence-electron chi connectivity index (χ3n) is 3.47. The van der Waals surface area contributed by atoms with Crippen LogP contribution < -0.4 is 5.32 Å². The van der Waals surface area contributed by atoms with E-state index in [4.69, 9.17) is 11.6 Å². The molecule has 0 aliphatic carbocycles. The summed E-state index contributed by atoms with van der Waals surface area (Å²) in [7, 11) is 0. The van der Waals surface area contributed by atoms with Crippen LogP contribution in [-0.4, -0.2) is 15.7 Å². The van der Waals surface area contributed by atoms with Gasteiger partial charge in [-0.2, -0.15) is 5.10 Å². The maximum absolute atomic E-state index is 12.1. The first kappa shape index (κ1) is 14.6. The maximum atomic E-state index is 12.1. The first-order valence-corrected chi connectivity index (χ1v) is 6.83. The Morgan fingerprint density at radius 1 is 1.30 bits per heavy atom. The van der Waals surface area contributed by atoms with Crippen molar-refractivity contribution in [2.45, 2.75) is 34.2 Å². The number of carbonyl (C=O) groups is 1. The minimum atomic E-state index is -0.110. The fourth-order valence-corrected chi connectivity index (χ4v) is 2.18. The van der Waals surface area contributed by atoms with Crippen LogP contribution in [0.3, 0.4) is 0 Å². The smallest absolute Gasteiger partial charge is 0.246 e. The highest BCUT2D eigenvalue weighted by Gasteiger charge is 2.13. The molecule has 0 spiro atoms. The van der Waals surface area contributed by atoms with Gasteiger partial charge in [0.2, 0.25) is 5.91 Å². The van der Waals surface area contributed by atoms with Crippen LogP contribution in [0.1, 0.15) is 22.5 Å². The Hall–Kier alpha value is -1.81. The summed E-state index contributed by atoms with van der Waals surface area (Å²) in [5, 5.41) is 7.78. The van der Waals surface area contributed by atoms with Crippen molar-refractivity contribution in [3.63, 3.8) is 0 Å². The summed E-state index contributed by atoms with van der Waals surface area (Å²) in [5.41, 5.74) is 4.61. The van der Waals surface area contributed by atoms with Crippen molar-refractivity contribution in [3.05, 3.63) is 45.7 Å². The molecule has 5 heteroatoms. The van der Waals surface area contributed by atoms with E-state index >= 15 is 0 Å². The molecule has 1 aromatic heterocycles. The number of nitrogens with one attached hydrogen (secondary N) is 1. The highest BCUT2D eigenvalue weighted by atomic mass is 35.5. The molecule has 0 unspecified atom stereocenters. The molecule has 1 heterocycles. The van der Waals surface area contributed by atoms with E-state index in [1.54, 1.807) is 4.68 Å². The van der Waals surface area contributed by atoms with Crippen molar-refractivity contribution in [1.82, 2.24) is 9.78 Å². The second-order valence-electron chi connectivity index (χ2n) is 4.94. The summed E-state index contributed by atoms with van der Waals surface area (Å²) in [4.78, 5) is 12.1. The Bertz CT molecular complexity index is 661. The topological polar surface area (TPSA) is 46.9 Å². The SMILES string of the molecule is Cc1cccc(NC(=O)Cn2nc(C)c(Cl)c2C)c1C. The molecule has 2 aromatic rings. The van der Waals surface area contributed by atoms with Gasteiger partial charge in [-0.1, -0.05) is 23.7 Å². The molecule has 0 radical (unpaired) electrons. The predicted octanol–water partition coefficient (Wildman–Crippen LogP) is 3.41. The number of anilines is 1. The van der Waals surface area contributed by atoms with Gasteiger partial charge in [0.05, 0.1) is 16.4 Å². The van der Waals surface area contributed by atoms with E-state index in [9.17, 15) is 4.79 Å². The zero-order valence-electron chi connectivity index (χ0n) is 12.1. The van der Waals surface area contributed by atoms with Crippen LogP contribution in [0.4, 0.5) is 5.69 Å². The van der Waals surface area contributed by atoms with Gasteiger partial charge in [-0.25, -0.2) is 0 Å². The fourth-order valence-electron chi connectivity index (χ4n) is 2.04. The van der Waals surface area contributed by atoms with E-state index < -0.39 is 0 Å². The number of benzene rings is 1. The summed E-state index contributed by atoms with van der Waals surface area (Å²) >= 11 is 6.07. The van der Waals surface area contributed by atoms with Crippen molar-refractivity contribution < 1.29 is 4.79 Å². The highest BCUT2D eigenvalue weighted by Crippen LogP contribution is 2.20. The minimum Gasteiger partial charge on any atom is -0.324 e. The van der Waals surface area contributed by atoms with E-state index in [2.05, 4.69) is 10.4 Å². The molecule has 0 aliphatic rings. The Kier molecular flexibility index (Phi) is 4.14. The van der Waals surface area contributed by atoms with E-state index in [0.717, 1.165) is 28.2 Å². The van der Waals surface area contributed by atoms with Crippen molar-refractivity contribution in [1.29, 1.82) is 0 Å². The summed E-state index contributed by atoms with van der Waals surface area (Å²) in [6, 6.07) is 5.85. The van der Waals surface area contributed by atoms with E-state index in [0.29, 0.717) is 5.02 Å². The molecule has 1 amide bonds. The molecule has 0 fully saturated rings. The van der Waals surface area contributed by atoms with E-state index in [-0.39, 0.29) is 12.5 Å². The Morgan fingerprint density at radius 3 is 2.60 bits per heavy atom. The van der Waals surface area contributed by atoms with E-state index in [1.807, 2.05) is 45.9 Å². The van der Waals surface area contributed by atoms with Gasteiger partial charge < -0.3 is 5.32 Å². The normalized spacial score (nSPS) is 10.7. The van der Waals surface area contributed by atoms with Crippen molar-refractivity contribution in [2.24, 2.45) is 0 Å². The molecule has 4 nitrogen and oxygen atoms in total. The third kappa shape index (κ3) is 2.85. The number of carbonyl (C=O) groups excluding carboxylic acids is 1. The first-order chi connectivity index (χ1) is 9.40. The first-order valence-electron chi connectivity index (χ1n) is 6.45. The zero-order valence-corrected chi connectivity index (χ0v) is 12.9. The molecule has 1 aromatic carbocycles. The van der Waals surface area contributed by atoms with Crippen LogP contribution in [0, 0.1) is 27.7 Å². The van der Waals surface area contributed by atoms with Gasteiger partial charge in [0.1, 0.15) is 6.54 Å². The van der Waals surface area contributed by atoms with Gasteiger partial charge in [-0.3, -0.25) is 9.48 Å². The minimum absolute atomic E-state index is 0.110. The Labute approximate surface area is 123 Å². The number of aromatic nitrogens is 2. The second-order valence-corrected chi connectivity index (χ2v) is 5.32. The van der Waals surface area contributed by atoms with Crippen molar-refractivity contribution in [3.8, 4) is 0 Å². The Balaban J connectivity index is 2.13. The summed E-state index contributed by atoms with van der Waals surface area (Å²) in [5.74, 6) is -0.110. The molecule has 0 aliphatic heterocycles. The molecule has 0 bridgehead atoms. The number of aryl methyl sites for hydroxylation is 2. The molecule has 1 N–H and O–H groups in total. The molecular formula is C15H18ClN3O. The van der Waals surface area contributed by atoms with Crippen LogP contribution in [0.25, 0.3) is 0 Å². The fraction of sp³-hybridized carbons (Fsp3) is 0.333. The third-order valence-corrected chi connectivity index (χ3v) is 4.01. The van der Waals surface area contributed by atoms with Crippen LogP contribution in [-0.2, 0) is 11.3 Å². The maximum Gasteiger partial charge on any atom is 0.246 e.